The summed E-state index contributed by atoms with van der Waals surface area (Å²) in [5.41, 5.74) is 1.14. The molecule has 0 aromatic carbocycles. The first-order chi connectivity index (χ1) is 8.25. The molecular weight excluding hydrogens is 222 g/mol. The zero-order valence-electron chi connectivity index (χ0n) is 8.57. The number of hydrogen-bond acceptors (Lipinski definition) is 4. The van der Waals surface area contributed by atoms with Crippen LogP contribution in [0.1, 0.15) is 10.5 Å². The zero-order chi connectivity index (χ0) is 11.8. The molecule has 1 N–H and O–H groups in total. The molecule has 0 spiro atoms. The molecule has 0 fully saturated rings. The summed E-state index contributed by atoms with van der Waals surface area (Å²) in [6.07, 6.45) is 6.05. The van der Waals surface area contributed by atoms with Crippen molar-refractivity contribution in [2.75, 3.05) is 0 Å². The van der Waals surface area contributed by atoms with E-state index < -0.39 is 5.97 Å². The minimum Gasteiger partial charge on any atom is -0.476 e. The Bertz CT molecular complexity index is 685. The molecule has 6 heteroatoms. The van der Waals surface area contributed by atoms with E-state index in [9.17, 15) is 4.79 Å². The highest BCUT2D eigenvalue weighted by Crippen LogP contribution is 2.23. The van der Waals surface area contributed by atoms with Crippen molar-refractivity contribution >= 4 is 11.6 Å². The van der Waals surface area contributed by atoms with E-state index in [0.29, 0.717) is 17.0 Å². The second kappa shape index (κ2) is 3.44. The van der Waals surface area contributed by atoms with Crippen LogP contribution < -0.4 is 0 Å². The van der Waals surface area contributed by atoms with E-state index >= 15 is 0 Å². The number of furan rings is 1. The Balaban J connectivity index is 2.29. The van der Waals surface area contributed by atoms with Crippen molar-refractivity contribution in [3.05, 3.63) is 42.8 Å². The summed E-state index contributed by atoms with van der Waals surface area (Å²) in [7, 11) is 0. The average Bonchev–Trinajstić information content (AvgIpc) is 2.97. The van der Waals surface area contributed by atoms with Gasteiger partial charge in [0.1, 0.15) is 12.1 Å². The van der Waals surface area contributed by atoms with Crippen LogP contribution in [0.25, 0.3) is 17.0 Å². The van der Waals surface area contributed by atoms with Crippen LogP contribution in [0.2, 0.25) is 0 Å². The van der Waals surface area contributed by atoms with E-state index in [0.717, 1.165) is 0 Å². The molecule has 0 amide bonds. The third-order valence-corrected chi connectivity index (χ3v) is 2.37. The third kappa shape index (κ3) is 1.46. The summed E-state index contributed by atoms with van der Waals surface area (Å²) in [6.45, 7) is 0. The van der Waals surface area contributed by atoms with Crippen LogP contribution in [-0.4, -0.2) is 25.4 Å². The highest BCUT2D eigenvalue weighted by molar-refractivity contribution is 5.87. The van der Waals surface area contributed by atoms with Gasteiger partial charge >= 0.3 is 5.97 Å². The number of nitrogens with zero attached hydrogens (tertiary/aromatic N) is 3. The molecule has 0 saturated heterocycles. The second-order valence-electron chi connectivity index (χ2n) is 3.45. The Hall–Kier alpha value is -2.63. The molecule has 0 unspecified atom stereocenters. The van der Waals surface area contributed by atoms with Crippen LogP contribution in [-0.2, 0) is 0 Å². The Morgan fingerprint density at radius 2 is 2.35 bits per heavy atom. The van der Waals surface area contributed by atoms with Crippen LogP contribution in [0.3, 0.4) is 0 Å². The summed E-state index contributed by atoms with van der Waals surface area (Å²) in [5, 5.41) is 8.89. The third-order valence-electron chi connectivity index (χ3n) is 2.37. The lowest BCUT2D eigenvalue weighted by molar-refractivity contribution is 0.0691. The van der Waals surface area contributed by atoms with Crippen molar-refractivity contribution in [1.29, 1.82) is 0 Å². The van der Waals surface area contributed by atoms with Gasteiger partial charge in [0.05, 0.1) is 11.8 Å². The molecule has 3 heterocycles. The van der Waals surface area contributed by atoms with E-state index in [4.69, 9.17) is 9.52 Å². The lowest BCUT2D eigenvalue weighted by atomic mass is 10.2. The van der Waals surface area contributed by atoms with Crippen molar-refractivity contribution in [3.8, 4) is 11.3 Å². The number of aromatic nitrogens is 3. The number of carboxylic acids is 1. The van der Waals surface area contributed by atoms with Gasteiger partial charge in [0.25, 0.3) is 0 Å². The maximum Gasteiger partial charge on any atom is 0.356 e. The molecule has 0 aliphatic carbocycles. The minimum absolute atomic E-state index is 0.0224. The molecule has 0 atom stereocenters. The van der Waals surface area contributed by atoms with Crippen LogP contribution in [0, 0.1) is 0 Å². The number of fused-ring (bicyclic) bond motifs is 1. The van der Waals surface area contributed by atoms with Crippen LogP contribution in [0.15, 0.2) is 41.5 Å². The maximum absolute atomic E-state index is 10.8. The topological polar surface area (TPSA) is 80.6 Å². The number of hydrogen-bond donors (Lipinski definition) is 1. The van der Waals surface area contributed by atoms with Crippen molar-refractivity contribution in [3.63, 3.8) is 0 Å². The number of aromatic carboxylic acids is 1. The summed E-state index contributed by atoms with van der Waals surface area (Å²) in [5.74, 6) is -0.468. The predicted octanol–water partition coefficient (Wildman–Crippen LogP) is 1.69. The number of carbonyl (C=O) groups is 1. The molecule has 6 nitrogen and oxygen atoms in total. The monoisotopic (exact) mass is 229 g/mol. The number of imidazole rings is 1. The number of carboxylic acid groups (broad SMARTS) is 1. The standard InChI is InChI=1S/C11H7N3O3/c15-11(16)8-5-14-6-12-4-7(10(14)13-8)9-2-1-3-17-9/h1-6H,(H,15,16). The highest BCUT2D eigenvalue weighted by Gasteiger charge is 2.13. The average molecular weight is 229 g/mol. The maximum atomic E-state index is 10.8. The fraction of sp³-hybridized carbons (Fsp3) is 0. The summed E-state index contributed by atoms with van der Waals surface area (Å²) >= 11 is 0. The Morgan fingerprint density at radius 1 is 1.47 bits per heavy atom. The molecule has 0 aliphatic rings. The smallest absolute Gasteiger partial charge is 0.356 e. The lowest BCUT2D eigenvalue weighted by Crippen LogP contribution is -1.95. The summed E-state index contributed by atoms with van der Waals surface area (Å²) in [4.78, 5) is 18.9. The number of rotatable bonds is 2. The van der Waals surface area contributed by atoms with Crippen molar-refractivity contribution in [1.82, 2.24) is 14.4 Å². The van der Waals surface area contributed by atoms with Crippen molar-refractivity contribution in [2.45, 2.75) is 0 Å². The van der Waals surface area contributed by atoms with Crippen molar-refractivity contribution in [2.24, 2.45) is 0 Å². The first-order valence-corrected chi connectivity index (χ1v) is 4.85. The molecule has 3 rings (SSSR count). The molecule has 0 bridgehead atoms. The fourth-order valence-electron chi connectivity index (χ4n) is 1.63. The Morgan fingerprint density at radius 3 is 3.06 bits per heavy atom. The van der Waals surface area contributed by atoms with Gasteiger partial charge in [-0.25, -0.2) is 14.8 Å². The SMILES string of the molecule is O=C(O)c1cn2cncc(-c3ccco3)c2n1. The Kier molecular flexibility index (Phi) is 1.94. The Labute approximate surface area is 95.2 Å². The van der Waals surface area contributed by atoms with Gasteiger partial charge in [-0.15, -0.1) is 0 Å². The molecule has 0 saturated carbocycles. The van der Waals surface area contributed by atoms with Gasteiger partial charge in [0.2, 0.25) is 0 Å². The normalized spacial score (nSPS) is 10.8. The van der Waals surface area contributed by atoms with E-state index in [2.05, 4.69) is 9.97 Å². The molecule has 0 aliphatic heterocycles. The minimum atomic E-state index is -1.07. The van der Waals surface area contributed by atoms with Gasteiger partial charge < -0.3 is 9.52 Å². The quantitative estimate of drug-likeness (QED) is 0.723. The van der Waals surface area contributed by atoms with Crippen molar-refractivity contribution < 1.29 is 14.3 Å². The first-order valence-electron chi connectivity index (χ1n) is 4.85. The van der Waals surface area contributed by atoms with E-state index in [1.54, 1.807) is 29.0 Å². The fourth-order valence-corrected chi connectivity index (χ4v) is 1.63. The molecule has 0 radical (unpaired) electrons. The van der Waals surface area contributed by atoms with Gasteiger partial charge in [-0.3, -0.25) is 4.40 Å². The largest absolute Gasteiger partial charge is 0.476 e. The van der Waals surface area contributed by atoms with Crippen LogP contribution in [0.5, 0.6) is 0 Å². The zero-order valence-corrected chi connectivity index (χ0v) is 8.57. The van der Waals surface area contributed by atoms with Gasteiger partial charge in [0, 0.05) is 12.4 Å². The van der Waals surface area contributed by atoms with E-state index in [-0.39, 0.29) is 5.69 Å². The highest BCUT2D eigenvalue weighted by atomic mass is 16.4. The summed E-state index contributed by atoms with van der Waals surface area (Å²) in [6, 6.07) is 3.52. The summed E-state index contributed by atoms with van der Waals surface area (Å²) < 4.78 is 6.81. The molecule has 3 aromatic heterocycles. The van der Waals surface area contributed by atoms with E-state index in [1.165, 1.54) is 12.5 Å². The first kappa shape index (κ1) is 9.59. The predicted molar refractivity (Wildman–Crippen MR) is 57.6 cm³/mol. The lowest BCUT2D eigenvalue weighted by Gasteiger charge is -1.98. The van der Waals surface area contributed by atoms with Crippen LogP contribution >= 0.6 is 0 Å². The van der Waals surface area contributed by atoms with Gasteiger partial charge in [-0.1, -0.05) is 0 Å². The second-order valence-corrected chi connectivity index (χ2v) is 3.45. The van der Waals surface area contributed by atoms with Gasteiger partial charge in [-0.2, -0.15) is 0 Å². The van der Waals surface area contributed by atoms with E-state index in [1.807, 2.05) is 0 Å². The van der Waals surface area contributed by atoms with Gasteiger partial charge in [-0.05, 0) is 12.1 Å². The molecular formula is C11H7N3O3. The molecule has 3 aromatic rings. The molecule has 84 valence electrons. The van der Waals surface area contributed by atoms with Crippen LogP contribution in [0.4, 0.5) is 0 Å². The molecule has 17 heavy (non-hydrogen) atoms. The van der Waals surface area contributed by atoms with Gasteiger partial charge in [0.15, 0.2) is 11.3 Å².